The van der Waals surface area contributed by atoms with Gasteiger partial charge in [0.1, 0.15) is 0 Å². The molecule has 2 saturated carbocycles. The first-order valence-corrected chi connectivity index (χ1v) is 8.99. The van der Waals surface area contributed by atoms with Gasteiger partial charge in [-0.1, -0.05) is 20.8 Å². The number of aliphatic hydroxyl groups is 1. The van der Waals surface area contributed by atoms with Gasteiger partial charge in [0.05, 0.1) is 12.2 Å². The van der Waals surface area contributed by atoms with Crippen molar-refractivity contribution in [3.8, 4) is 0 Å². The maximum atomic E-state index is 10.0. The Balaban J connectivity index is 1.97. The van der Waals surface area contributed by atoms with Gasteiger partial charge in [-0.15, -0.1) is 0 Å². The molecule has 0 aromatic carbocycles. The lowest BCUT2D eigenvalue weighted by Gasteiger charge is -2.39. The zero-order chi connectivity index (χ0) is 11.4. The van der Waals surface area contributed by atoms with Gasteiger partial charge in [-0.25, -0.2) is 0 Å². The Morgan fingerprint density at radius 1 is 1.20 bits per heavy atom. The third-order valence-electron chi connectivity index (χ3n) is 4.58. The molecule has 0 radical (unpaired) electrons. The van der Waals surface area contributed by atoms with E-state index in [9.17, 15) is 5.11 Å². The molecule has 2 aliphatic rings. The lowest BCUT2D eigenvalue weighted by Crippen LogP contribution is -2.46. The molecule has 3 heteroatoms. The monoisotopic (exact) mass is 228 g/mol. The van der Waals surface area contributed by atoms with E-state index in [1.54, 1.807) is 0 Å². The highest BCUT2D eigenvalue weighted by Crippen LogP contribution is 2.54. The molecule has 0 aliphatic heterocycles. The van der Waals surface area contributed by atoms with Gasteiger partial charge in [-0.2, -0.15) is 0 Å². The average Bonchev–Trinajstić information content (AvgIpc) is 2.73. The summed E-state index contributed by atoms with van der Waals surface area (Å²) in [6.45, 7) is 11.3. The van der Waals surface area contributed by atoms with Crippen molar-refractivity contribution in [3.05, 3.63) is 0 Å². The molecule has 0 bridgehead atoms. The van der Waals surface area contributed by atoms with E-state index in [0.29, 0.717) is 5.92 Å². The molecule has 0 aromatic rings. The summed E-state index contributed by atoms with van der Waals surface area (Å²) in [5, 5.41) is 10.3. The van der Waals surface area contributed by atoms with Crippen LogP contribution in [-0.2, 0) is 4.43 Å². The fourth-order valence-corrected chi connectivity index (χ4v) is 3.69. The van der Waals surface area contributed by atoms with Crippen LogP contribution in [-0.4, -0.2) is 25.6 Å². The van der Waals surface area contributed by atoms with Gasteiger partial charge < -0.3 is 9.53 Å². The van der Waals surface area contributed by atoms with Crippen LogP contribution in [0.4, 0.5) is 0 Å². The average molecular weight is 228 g/mol. The molecule has 2 aliphatic carbocycles. The topological polar surface area (TPSA) is 29.5 Å². The van der Waals surface area contributed by atoms with Gasteiger partial charge in [-0.05, 0) is 42.8 Å². The molecular formula is C12H24O2Si. The Kier molecular flexibility index (Phi) is 2.57. The maximum Gasteiger partial charge on any atom is 0.192 e. The fraction of sp³-hybridized carbons (Fsp3) is 1.00. The highest BCUT2D eigenvalue weighted by Gasteiger charge is 2.55. The maximum absolute atomic E-state index is 10.0. The van der Waals surface area contributed by atoms with Gasteiger partial charge >= 0.3 is 0 Å². The zero-order valence-corrected chi connectivity index (χ0v) is 11.6. The summed E-state index contributed by atoms with van der Waals surface area (Å²) in [5.41, 5.74) is 0. The van der Waals surface area contributed by atoms with Gasteiger partial charge in [0.25, 0.3) is 0 Å². The van der Waals surface area contributed by atoms with Crippen molar-refractivity contribution in [1.82, 2.24) is 0 Å². The number of rotatable bonds is 2. The smallest absolute Gasteiger partial charge is 0.192 e. The van der Waals surface area contributed by atoms with Gasteiger partial charge in [-0.3, -0.25) is 0 Å². The first-order valence-electron chi connectivity index (χ1n) is 6.08. The lowest BCUT2D eigenvalue weighted by molar-refractivity contribution is 0.0326. The Bertz CT molecular complexity index is 257. The quantitative estimate of drug-likeness (QED) is 0.736. The van der Waals surface area contributed by atoms with Crippen LogP contribution >= 0.6 is 0 Å². The Hall–Kier alpha value is 0.137. The predicted octanol–water partition coefficient (Wildman–Crippen LogP) is 2.78. The van der Waals surface area contributed by atoms with Crippen molar-refractivity contribution in [2.75, 3.05) is 0 Å². The van der Waals surface area contributed by atoms with Crippen LogP contribution in [0.15, 0.2) is 0 Å². The molecule has 1 unspecified atom stereocenters. The van der Waals surface area contributed by atoms with Crippen molar-refractivity contribution in [2.45, 2.75) is 64.0 Å². The molecule has 1 N–H and O–H groups in total. The number of hydrogen-bond donors (Lipinski definition) is 1. The van der Waals surface area contributed by atoms with Gasteiger partial charge in [0, 0.05) is 0 Å². The van der Waals surface area contributed by atoms with E-state index in [4.69, 9.17) is 4.43 Å². The normalized spacial score (nSPS) is 40.4. The van der Waals surface area contributed by atoms with Crippen molar-refractivity contribution in [3.63, 3.8) is 0 Å². The van der Waals surface area contributed by atoms with Crippen molar-refractivity contribution in [2.24, 2.45) is 11.8 Å². The van der Waals surface area contributed by atoms with Gasteiger partial charge in [0.15, 0.2) is 8.32 Å². The van der Waals surface area contributed by atoms with E-state index in [2.05, 4.69) is 33.9 Å². The van der Waals surface area contributed by atoms with Crippen LogP contribution in [0.25, 0.3) is 0 Å². The summed E-state index contributed by atoms with van der Waals surface area (Å²) in [5.74, 6) is 1.34. The summed E-state index contributed by atoms with van der Waals surface area (Å²) in [6.07, 6.45) is 2.29. The summed E-state index contributed by atoms with van der Waals surface area (Å²) in [7, 11) is -1.68. The van der Waals surface area contributed by atoms with Crippen LogP contribution < -0.4 is 0 Å². The molecule has 2 fully saturated rings. The molecule has 2 rings (SSSR count). The van der Waals surface area contributed by atoms with Crippen molar-refractivity contribution in [1.29, 1.82) is 0 Å². The van der Waals surface area contributed by atoms with Crippen LogP contribution in [0.3, 0.4) is 0 Å². The van der Waals surface area contributed by atoms with E-state index in [0.717, 1.165) is 12.3 Å². The molecule has 0 spiro atoms. The predicted molar refractivity (Wildman–Crippen MR) is 64.3 cm³/mol. The SMILES string of the molecule is CC(C)(C)[Si](C)(C)OC1C[C@H]2C[C@H]2[C@@H]1O. The first-order chi connectivity index (χ1) is 6.72. The number of aliphatic hydroxyl groups excluding tert-OH is 1. The molecule has 4 atom stereocenters. The third kappa shape index (κ3) is 2.02. The molecule has 15 heavy (non-hydrogen) atoms. The fourth-order valence-electron chi connectivity index (χ4n) is 2.35. The number of fused-ring (bicyclic) bond motifs is 1. The highest BCUT2D eigenvalue weighted by molar-refractivity contribution is 6.74. The Morgan fingerprint density at radius 3 is 2.20 bits per heavy atom. The van der Waals surface area contributed by atoms with Crippen LogP contribution in [0.2, 0.25) is 18.1 Å². The minimum Gasteiger partial charge on any atom is -0.411 e. The number of hydrogen-bond acceptors (Lipinski definition) is 2. The standard InChI is InChI=1S/C12H24O2Si/c1-12(2,3)15(4,5)14-10-7-8-6-9(8)11(10)13/h8-11,13H,6-7H2,1-5H3/t8-,9-,10?,11+/m1/s1. The second kappa shape index (κ2) is 3.31. The minimum absolute atomic E-state index is 0.134. The highest BCUT2D eigenvalue weighted by atomic mass is 28.4. The van der Waals surface area contributed by atoms with Crippen molar-refractivity contribution < 1.29 is 9.53 Å². The second-order valence-corrected chi connectivity index (χ2v) is 11.6. The van der Waals surface area contributed by atoms with Crippen LogP contribution in [0, 0.1) is 11.8 Å². The molecule has 88 valence electrons. The molecule has 0 aromatic heterocycles. The Labute approximate surface area is 94.2 Å². The van der Waals surface area contributed by atoms with E-state index < -0.39 is 8.32 Å². The zero-order valence-electron chi connectivity index (χ0n) is 10.6. The van der Waals surface area contributed by atoms with Crippen LogP contribution in [0.1, 0.15) is 33.6 Å². The largest absolute Gasteiger partial charge is 0.411 e. The Morgan fingerprint density at radius 2 is 1.80 bits per heavy atom. The van der Waals surface area contributed by atoms with E-state index in [-0.39, 0.29) is 17.2 Å². The molecule has 0 amide bonds. The van der Waals surface area contributed by atoms with Crippen molar-refractivity contribution >= 4 is 8.32 Å². The third-order valence-corrected chi connectivity index (χ3v) is 9.09. The summed E-state index contributed by atoms with van der Waals surface area (Å²) >= 11 is 0. The van der Waals surface area contributed by atoms with Crippen LogP contribution in [0.5, 0.6) is 0 Å². The first kappa shape index (κ1) is 11.6. The molecule has 2 nitrogen and oxygen atoms in total. The summed E-state index contributed by atoms with van der Waals surface area (Å²) in [4.78, 5) is 0. The molecule has 0 saturated heterocycles. The lowest BCUT2D eigenvalue weighted by atomic mass is 10.2. The van der Waals surface area contributed by atoms with E-state index >= 15 is 0 Å². The van der Waals surface area contributed by atoms with Gasteiger partial charge in [0.2, 0.25) is 0 Å². The second-order valence-electron chi connectivity index (χ2n) is 6.80. The molecule has 0 heterocycles. The summed E-state index contributed by atoms with van der Waals surface area (Å²) in [6, 6.07) is 0. The van der Waals surface area contributed by atoms with E-state index in [1.807, 2.05) is 0 Å². The van der Waals surface area contributed by atoms with E-state index in [1.165, 1.54) is 6.42 Å². The minimum atomic E-state index is -1.68. The summed E-state index contributed by atoms with van der Waals surface area (Å²) < 4.78 is 6.27. The molecular weight excluding hydrogens is 204 g/mol.